The van der Waals surface area contributed by atoms with E-state index in [0.717, 1.165) is 5.69 Å². The fourth-order valence-electron chi connectivity index (χ4n) is 2.13. The van der Waals surface area contributed by atoms with Crippen LogP contribution in [0.1, 0.15) is 24.0 Å². The summed E-state index contributed by atoms with van der Waals surface area (Å²) in [5, 5.41) is 12.7. The summed E-state index contributed by atoms with van der Waals surface area (Å²) in [5.41, 5.74) is 3.36. The number of rotatable bonds is 4. The first-order valence-electron chi connectivity index (χ1n) is 6.48. The molecule has 1 N–H and O–H groups in total. The minimum atomic E-state index is -0.232. The van der Waals surface area contributed by atoms with Crippen LogP contribution in [0.25, 0.3) is 0 Å². The van der Waals surface area contributed by atoms with Gasteiger partial charge in [0.1, 0.15) is 6.04 Å². The summed E-state index contributed by atoms with van der Waals surface area (Å²) in [6.07, 6.45) is 0. The molecule has 2 heteroatoms. The summed E-state index contributed by atoms with van der Waals surface area (Å²) in [7, 11) is 0. The molecule has 96 valence electrons. The molecule has 19 heavy (non-hydrogen) atoms. The van der Waals surface area contributed by atoms with Gasteiger partial charge in [0.25, 0.3) is 0 Å². The Morgan fingerprint density at radius 2 is 1.79 bits per heavy atom. The molecule has 0 aliphatic rings. The number of nitrogens with one attached hydrogen (secondary N) is 1. The van der Waals surface area contributed by atoms with Gasteiger partial charge in [-0.05, 0) is 30.2 Å². The van der Waals surface area contributed by atoms with Crippen LogP contribution in [-0.2, 0) is 0 Å². The van der Waals surface area contributed by atoms with Crippen molar-refractivity contribution < 1.29 is 0 Å². The Morgan fingerprint density at radius 1 is 1.05 bits per heavy atom. The van der Waals surface area contributed by atoms with E-state index in [-0.39, 0.29) is 12.0 Å². The van der Waals surface area contributed by atoms with Gasteiger partial charge in [-0.2, -0.15) is 5.26 Å². The van der Waals surface area contributed by atoms with E-state index in [2.05, 4.69) is 36.5 Å². The molecule has 2 rings (SSSR count). The molecule has 0 saturated carbocycles. The van der Waals surface area contributed by atoms with Crippen molar-refractivity contribution in [3.8, 4) is 6.07 Å². The maximum absolute atomic E-state index is 9.38. The number of nitriles is 1. The number of nitrogens with zero attached hydrogens (tertiary/aromatic N) is 1. The lowest BCUT2D eigenvalue weighted by molar-refractivity contribution is 0.710. The zero-order chi connectivity index (χ0) is 13.7. The van der Waals surface area contributed by atoms with E-state index in [0.29, 0.717) is 0 Å². The van der Waals surface area contributed by atoms with E-state index in [1.165, 1.54) is 11.1 Å². The largest absolute Gasteiger partial charge is 0.369 e. The van der Waals surface area contributed by atoms with Crippen LogP contribution in [-0.4, -0.2) is 6.04 Å². The van der Waals surface area contributed by atoms with E-state index in [1.807, 2.05) is 43.3 Å². The van der Waals surface area contributed by atoms with E-state index in [9.17, 15) is 5.26 Å². The first-order valence-corrected chi connectivity index (χ1v) is 6.48. The smallest absolute Gasteiger partial charge is 0.121 e. The van der Waals surface area contributed by atoms with Crippen molar-refractivity contribution in [3.63, 3.8) is 0 Å². The molecular weight excluding hydrogens is 232 g/mol. The second kappa shape index (κ2) is 6.06. The molecule has 2 aromatic rings. The highest BCUT2D eigenvalue weighted by Gasteiger charge is 2.18. The zero-order valence-corrected chi connectivity index (χ0v) is 11.3. The molecule has 0 spiro atoms. The van der Waals surface area contributed by atoms with Gasteiger partial charge in [-0.3, -0.25) is 0 Å². The van der Waals surface area contributed by atoms with Crippen molar-refractivity contribution in [3.05, 3.63) is 65.7 Å². The number of anilines is 1. The van der Waals surface area contributed by atoms with Gasteiger partial charge in [-0.15, -0.1) is 0 Å². The van der Waals surface area contributed by atoms with Crippen LogP contribution in [0.4, 0.5) is 5.69 Å². The maximum atomic E-state index is 9.38. The molecule has 0 saturated heterocycles. The van der Waals surface area contributed by atoms with Crippen molar-refractivity contribution in [2.75, 3.05) is 5.32 Å². The van der Waals surface area contributed by atoms with E-state index >= 15 is 0 Å². The molecule has 0 amide bonds. The Bertz CT molecular complexity index is 569. The van der Waals surface area contributed by atoms with Crippen molar-refractivity contribution in [1.82, 2.24) is 0 Å². The Hall–Kier alpha value is -2.27. The quantitative estimate of drug-likeness (QED) is 0.886. The van der Waals surface area contributed by atoms with E-state index in [4.69, 9.17) is 0 Å². The van der Waals surface area contributed by atoms with Crippen LogP contribution < -0.4 is 5.32 Å². The first-order chi connectivity index (χ1) is 9.20. The molecule has 0 bridgehead atoms. The monoisotopic (exact) mass is 250 g/mol. The van der Waals surface area contributed by atoms with Gasteiger partial charge in [0.15, 0.2) is 0 Å². The van der Waals surface area contributed by atoms with Gasteiger partial charge >= 0.3 is 0 Å². The highest BCUT2D eigenvalue weighted by atomic mass is 14.9. The Kier molecular flexibility index (Phi) is 4.20. The van der Waals surface area contributed by atoms with Gasteiger partial charge in [-0.1, -0.05) is 49.4 Å². The average Bonchev–Trinajstić information content (AvgIpc) is 2.45. The number of benzene rings is 2. The third kappa shape index (κ3) is 3.35. The van der Waals surface area contributed by atoms with Gasteiger partial charge in [-0.25, -0.2) is 0 Å². The SMILES string of the molecule is Cc1cccc(NC(C#N)C(C)c2ccccc2)c1. The second-order valence-corrected chi connectivity index (χ2v) is 4.82. The highest BCUT2D eigenvalue weighted by molar-refractivity contribution is 5.48. The van der Waals surface area contributed by atoms with Crippen LogP contribution in [0.2, 0.25) is 0 Å². The normalized spacial score (nSPS) is 13.3. The summed E-state index contributed by atoms with van der Waals surface area (Å²) in [6.45, 7) is 4.12. The van der Waals surface area contributed by atoms with Crippen molar-refractivity contribution >= 4 is 5.69 Å². The molecule has 0 aliphatic carbocycles. The summed E-state index contributed by atoms with van der Waals surface area (Å²) < 4.78 is 0. The van der Waals surface area contributed by atoms with Crippen LogP contribution in [0.3, 0.4) is 0 Å². The molecule has 0 heterocycles. The molecule has 2 aromatic carbocycles. The molecule has 2 nitrogen and oxygen atoms in total. The van der Waals surface area contributed by atoms with E-state index < -0.39 is 0 Å². The molecule has 0 radical (unpaired) electrons. The van der Waals surface area contributed by atoms with Gasteiger partial charge in [0.2, 0.25) is 0 Å². The highest BCUT2D eigenvalue weighted by Crippen LogP contribution is 2.22. The predicted octanol–water partition coefficient (Wildman–Crippen LogP) is 4.10. The third-order valence-electron chi connectivity index (χ3n) is 3.30. The third-order valence-corrected chi connectivity index (χ3v) is 3.30. The minimum Gasteiger partial charge on any atom is -0.369 e. The van der Waals surface area contributed by atoms with Crippen molar-refractivity contribution in [2.45, 2.75) is 25.8 Å². The Balaban J connectivity index is 2.15. The fourth-order valence-corrected chi connectivity index (χ4v) is 2.13. The van der Waals surface area contributed by atoms with Gasteiger partial charge < -0.3 is 5.32 Å². The molecular formula is C17H18N2. The Labute approximate surface area is 114 Å². The topological polar surface area (TPSA) is 35.8 Å². The zero-order valence-electron chi connectivity index (χ0n) is 11.3. The number of aryl methyl sites for hydroxylation is 1. The summed E-state index contributed by atoms with van der Waals surface area (Å²) in [6, 6.07) is 20.4. The fraction of sp³-hybridized carbons (Fsp3) is 0.235. The lowest BCUT2D eigenvalue weighted by atomic mass is 9.94. The molecule has 0 aromatic heterocycles. The lowest BCUT2D eigenvalue weighted by Gasteiger charge is -2.20. The maximum Gasteiger partial charge on any atom is 0.121 e. The van der Waals surface area contributed by atoms with Crippen LogP contribution >= 0.6 is 0 Å². The molecule has 2 atom stereocenters. The lowest BCUT2D eigenvalue weighted by Crippen LogP contribution is -2.24. The molecule has 0 aliphatic heterocycles. The van der Waals surface area contributed by atoms with Gasteiger partial charge in [0, 0.05) is 11.6 Å². The van der Waals surface area contributed by atoms with Crippen LogP contribution in [0, 0.1) is 18.3 Å². The van der Waals surface area contributed by atoms with E-state index in [1.54, 1.807) is 0 Å². The Morgan fingerprint density at radius 3 is 2.42 bits per heavy atom. The first kappa shape index (κ1) is 13.2. The van der Waals surface area contributed by atoms with Gasteiger partial charge in [0.05, 0.1) is 6.07 Å². The predicted molar refractivity (Wildman–Crippen MR) is 79.1 cm³/mol. The average molecular weight is 250 g/mol. The molecule has 0 fully saturated rings. The minimum absolute atomic E-state index is 0.145. The second-order valence-electron chi connectivity index (χ2n) is 4.82. The van der Waals surface area contributed by atoms with Crippen molar-refractivity contribution in [2.24, 2.45) is 0 Å². The van der Waals surface area contributed by atoms with Crippen molar-refractivity contribution in [1.29, 1.82) is 5.26 Å². The number of hydrogen-bond donors (Lipinski definition) is 1. The summed E-state index contributed by atoms with van der Waals surface area (Å²) in [5.74, 6) is 0.145. The summed E-state index contributed by atoms with van der Waals surface area (Å²) in [4.78, 5) is 0. The van der Waals surface area contributed by atoms with Crippen LogP contribution in [0.15, 0.2) is 54.6 Å². The van der Waals surface area contributed by atoms with Crippen LogP contribution in [0.5, 0.6) is 0 Å². The molecule has 2 unspecified atom stereocenters. The summed E-state index contributed by atoms with van der Waals surface area (Å²) >= 11 is 0. The number of hydrogen-bond acceptors (Lipinski definition) is 2. The standard InChI is InChI=1S/C17H18N2/c1-13-7-6-10-16(11-13)19-17(12-18)14(2)15-8-4-3-5-9-15/h3-11,14,17,19H,1-2H3.